The highest BCUT2D eigenvalue weighted by molar-refractivity contribution is 5.36. The molecule has 4 rings (SSSR count). The monoisotopic (exact) mass is 343 g/mol. The van der Waals surface area contributed by atoms with E-state index in [0.29, 0.717) is 5.92 Å². The van der Waals surface area contributed by atoms with Crippen LogP contribution in [0.3, 0.4) is 0 Å². The fourth-order valence-electron chi connectivity index (χ4n) is 4.72. The highest BCUT2D eigenvalue weighted by Crippen LogP contribution is 2.40. The molecule has 3 N–H and O–H groups in total. The summed E-state index contributed by atoms with van der Waals surface area (Å²) in [5.74, 6) is 2.19. The summed E-state index contributed by atoms with van der Waals surface area (Å²) in [7, 11) is 0. The molecular weight excluding hydrogens is 310 g/mol. The summed E-state index contributed by atoms with van der Waals surface area (Å²) < 4.78 is 5.83. The van der Waals surface area contributed by atoms with E-state index in [9.17, 15) is 5.11 Å². The van der Waals surface area contributed by atoms with E-state index in [1.807, 2.05) is 0 Å². The van der Waals surface area contributed by atoms with Gasteiger partial charge in [-0.1, -0.05) is 18.2 Å². The van der Waals surface area contributed by atoms with Gasteiger partial charge in [-0.05, 0) is 92.2 Å². The summed E-state index contributed by atoms with van der Waals surface area (Å²) in [6, 6.07) is 7.11. The van der Waals surface area contributed by atoms with Gasteiger partial charge >= 0.3 is 0 Å². The van der Waals surface area contributed by atoms with Crippen LogP contribution in [0.1, 0.15) is 67.6 Å². The quantitative estimate of drug-likeness (QED) is 0.744. The van der Waals surface area contributed by atoms with E-state index in [-0.39, 0.29) is 12.1 Å². The average molecular weight is 344 g/mol. The van der Waals surface area contributed by atoms with Crippen molar-refractivity contribution in [1.29, 1.82) is 0 Å². The molecule has 1 aromatic carbocycles. The van der Waals surface area contributed by atoms with Crippen molar-refractivity contribution < 1.29 is 9.84 Å². The molecule has 0 amide bonds. The lowest BCUT2D eigenvalue weighted by Gasteiger charge is -2.26. The Morgan fingerprint density at radius 1 is 1.12 bits per heavy atom. The van der Waals surface area contributed by atoms with E-state index < -0.39 is 0 Å². The molecule has 0 spiro atoms. The summed E-state index contributed by atoms with van der Waals surface area (Å²) in [4.78, 5) is 0. The summed E-state index contributed by atoms with van der Waals surface area (Å²) in [5, 5.41) is 9.50. The van der Waals surface area contributed by atoms with Gasteiger partial charge in [0.25, 0.3) is 0 Å². The Morgan fingerprint density at radius 3 is 2.76 bits per heavy atom. The van der Waals surface area contributed by atoms with E-state index in [2.05, 4.69) is 18.2 Å². The molecule has 138 valence electrons. The Morgan fingerprint density at radius 2 is 2.00 bits per heavy atom. The van der Waals surface area contributed by atoms with Gasteiger partial charge in [-0.3, -0.25) is 0 Å². The highest BCUT2D eigenvalue weighted by atomic mass is 16.5. The van der Waals surface area contributed by atoms with Crippen LogP contribution in [0.5, 0.6) is 0 Å². The van der Waals surface area contributed by atoms with Crippen molar-refractivity contribution in [2.75, 3.05) is 19.8 Å². The Kier molecular flexibility index (Phi) is 5.17. The minimum absolute atomic E-state index is 0.110. The molecule has 2 saturated carbocycles. The maximum Gasteiger partial charge on any atom is 0.0611 e. The molecule has 3 heteroatoms. The smallest absolute Gasteiger partial charge is 0.0611 e. The van der Waals surface area contributed by atoms with Crippen LogP contribution in [0.2, 0.25) is 0 Å². The first kappa shape index (κ1) is 17.5. The molecule has 0 bridgehead atoms. The Bertz CT molecular complexity index is 598. The fourth-order valence-corrected chi connectivity index (χ4v) is 4.72. The molecule has 2 fully saturated rings. The van der Waals surface area contributed by atoms with Gasteiger partial charge < -0.3 is 15.6 Å². The van der Waals surface area contributed by atoms with Crippen LogP contribution in [0.25, 0.3) is 0 Å². The van der Waals surface area contributed by atoms with Crippen LogP contribution in [0.15, 0.2) is 18.2 Å². The number of rotatable bonds is 7. The van der Waals surface area contributed by atoms with Crippen LogP contribution in [0.4, 0.5) is 0 Å². The van der Waals surface area contributed by atoms with Crippen molar-refractivity contribution >= 4 is 0 Å². The fraction of sp³-hybridized carbons (Fsp3) is 0.727. The standard InChI is InChI=1S/C22H33NO2/c23-22(15-24)9-7-21(13-22)20-6-5-18-11-16(3-4-19(18)12-20)8-10-25-14-17-1-2-17/h5-6,12,16-17,21,24H,1-4,7-11,13-15,23H2/t16-,21-,22+/m0/s1. The van der Waals surface area contributed by atoms with Crippen molar-refractivity contribution in [3.8, 4) is 0 Å². The second-order valence-electron chi connectivity index (χ2n) is 8.90. The number of hydrogen-bond donors (Lipinski definition) is 2. The molecule has 3 atom stereocenters. The van der Waals surface area contributed by atoms with Crippen molar-refractivity contribution in [2.24, 2.45) is 17.6 Å². The molecule has 1 aromatic rings. The molecular formula is C22H33NO2. The van der Waals surface area contributed by atoms with Crippen LogP contribution in [-0.4, -0.2) is 30.5 Å². The largest absolute Gasteiger partial charge is 0.394 e. The molecule has 3 nitrogen and oxygen atoms in total. The SMILES string of the molecule is N[C@]1(CO)CC[C@H](c2ccc3c(c2)CC[C@@H](CCOCC2CC2)C3)C1. The number of aliphatic hydroxyl groups excluding tert-OH is 1. The van der Waals surface area contributed by atoms with Crippen molar-refractivity contribution in [2.45, 2.75) is 69.2 Å². The van der Waals surface area contributed by atoms with Crippen LogP contribution >= 0.6 is 0 Å². The zero-order valence-electron chi connectivity index (χ0n) is 15.4. The first-order valence-electron chi connectivity index (χ1n) is 10.2. The second-order valence-corrected chi connectivity index (χ2v) is 8.90. The first-order chi connectivity index (χ1) is 12.1. The van der Waals surface area contributed by atoms with Crippen LogP contribution < -0.4 is 5.73 Å². The number of hydrogen-bond acceptors (Lipinski definition) is 3. The summed E-state index contributed by atoms with van der Waals surface area (Å²) in [5.41, 5.74) is 10.4. The van der Waals surface area contributed by atoms with E-state index in [4.69, 9.17) is 10.5 Å². The predicted molar refractivity (Wildman–Crippen MR) is 101 cm³/mol. The molecule has 0 unspecified atom stereocenters. The normalized spacial score (nSPS) is 31.9. The van der Waals surface area contributed by atoms with Crippen molar-refractivity contribution in [1.82, 2.24) is 0 Å². The van der Waals surface area contributed by atoms with Gasteiger partial charge in [0.1, 0.15) is 0 Å². The van der Waals surface area contributed by atoms with Gasteiger partial charge in [0.15, 0.2) is 0 Å². The number of benzene rings is 1. The van der Waals surface area contributed by atoms with Gasteiger partial charge in [0.05, 0.1) is 6.61 Å². The molecule has 0 saturated heterocycles. The van der Waals surface area contributed by atoms with E-state index in [1.54, 1.807) is 11.1 Å². The van der Waals surface area contributed by atoms with Gasteiger partial charge in [-0.15, -0.1) is 0 Å². The minimum atomic E-state index is -0.355. The Hall–Kier alpha value is -0.900. The van der Waals surface area contributed by atoms with E-state index in [0.717, 1.165) is 44.3 Å². The summed E-state index contributed by atoms with van der Waals surface area (Å²) in [6.45, 7) is 2.04. The number of nitrogens with two attached hydrogens (primary N) is 1. The van der Waals surface area contributed by atoms with E-state index >= 15 is 0 Å². The van der Waals surface area contributed by atoms with Gasteiger partial charge in [0.2, 0.25) is 0 Å². The zero-order chi connectivity index (χ0) is 17.3. The van der Waals surface area contributed by atoms with Crippen molar-refractivity contribution in [3.63, 3.8) is 0 Å². The molecule has 3 aliphatic carbocycles. The van der Waals surface area contributed by atoms with Crippen LogP contribution in [-0.2, 0) is 17.6 Å². The summed E-state index contributed by atoms with van der Waals surface area (Å²) >= 11 is 0. The maximum absolute atomic E-state index is 9.50. The third-order valence-corrected chi connectivity index (χ3v) is 6.71. The van der Waals surface area contributed by atoms with Crippen LogP contribution in [0, 0.1) is 11.8 Å². The number of aryl methyl sites for hydroxylation is 1. The zero-order valence-corrected chi connectivity index (χ0v) is 15.4. The number of aliphatic hydroxyl groups is 1. The van der Waals surface area contributed by atoms with Gasteiger partial charge in [0, 0.05) is 18.8 Å². The molecule has 0 aromatic heterocycles. The van der Waals surface area contributed by atoms with E-state index in [1.165, 1.54) is 44.1 Å². The van der Waals surface area contributed by atoms with Gasteiger partial charge in [-0.2, -0.15) is 0 Å². The topological polar surface area (TPSA) is 55.5 Å². The Labute approximate surface area is 152 Å². The molecule has 0 heterocycles. The summed E-state index contributed by atoms with van der Waals surface area (Å²) in [6.07, 6.45) is 10.7. The third-order valence-electron chi connectivity index (χ3n) is 6.71. The minimum Gasteiger partial charge on any atom is -0.394 e. The molecule has 25 heavy (non-hydrogen) atoms. The lowest BCUT2D eigenvalue weighted by Crippen LogP contribution is -2.40. The lowest BCUT2D eigenvalue weighted by atomic mass is 9.80. The maximum atomic E-state index is 9.50. The molecule has 3 aliphatic rings. The number of ether oxygens (including phenoxy) is 1. The molecule has 0 radical (unpaired) electrons. The second kappa shape index (κ2) is 7.38. The lowest BCUT2D eigenvalue weighted by molar-refractivity contribution is 0.109. The average Bonchev–Trinajstić information content (AvgIpc) is 3.38. The number of fused-ring (bicyclic) bond motifs is 1. The van der Waals surface area contributed by atoms with Crippen molar-refractivity contribution in [3.05, 3.63) is 34.9 Å². The first-order valence-corrected chi connectivity index (χ1v) is 10.2. The predicted octanol–water partition coefficient (Wildman–Crippen LogP) is 3.57. The van der Waals surface area contributed by atoms with Gasteiger partial charge in [-0.25, -0.2) is 0 Å². The third kappa shape index (κ3) is 4.27. The highest BCUT2D eigenvalue weighted by Gasteiger charge is 2.36. The molecule has 0 aliphatic heterocycles. The Balaban J connectivity index is 1.31.